The minimum Gasteiger partial charge on any atom is -0.495 e. The molecule has 0 spiro atoms. The third kappa shape index (κ3) is 4.86. The number of aliphatic carboxylic acids is 1. The molecule has 1 unspecified atom stereocenters. The number of carboxylic acid groups (broad SMARTS) is 1. The fourth-order valence-corrected chi connectivity index (χ4v) is 5.22. The molecular weight excluding hydrogens is 514 g/mol. The van der Waals surface area contributed by atoms with Gasteiger partial charge in [0.05, 0.1) is 25.3 Å². The number of halogens is 3. The summed E-state index contributed by atoms with van der Waals surface area (Å²) in [6.07, 6.45) is -0.292. The number of benzene rings is 3. The van der Waals surface area contributed by atoms with Crippen LogP contribution in [0.1, 0.15) is 23.6 Å². The Morgan fingerprint density at radius 1 is 1.05 bits per heavy atom. The zero-order valence-corrected chi connectivity index (χ0v) is 21.8. The topological polar surface area (TPSA) is 68.6 Å². The first-order valence-electron chi connectivity index (χ1n) is 12.2. The number of para-hydroxylation sites is 1. The first kappa shape index (κ1) is 25.8. The maximum absolute atomic E-state index is 15.0. The van der Waals surface area contributed by atoms with Crippen molar-refractivity contribution in [3.8, 4) is 5.75 Å². The predicted octanol–water partition coefficient (Wildman–Crippen LogP) is 5.78. The maximum atomic E-state index is 15.0. The van der Waals surface area contributed by atoms with E-state index in [1.54, 1.807) is 48.2 Å². The van der Waals surface area contributed by atoms with Crippen molar-refractivity contribution in [2.45, 2.75) is 19.4 Å². The minimum absolute atomic E-state index is 0.127. The molecule has 3 aromatic carbocycles. The average molecular weight is 541 g/mol. The standard InChI is InChI=1S/C28H27ClF2N4O3/c1-17-14-19(7-8-21(17)30)33-10-12-34(13-11-33)28-32-27-20(4-3-5-22(27)31)23(16-26(36)37)35(28)24-15-18(29)6-9-25(24)38-2/h3-9,14-15,23H,10-13,16H2,1-2H3,(H,36,37). The summed E-state index contributed by atoms with van der Waals surface area (Å²) in [6.45, 7) is 4.00. The summed E-state index contributed by atoms with van der Waals surface area (Å²) >= 11 is 6.37. The fraction of sp³-hybridized carbons (Fsp3) is 0.286. The summed E-state index contributed by atoms with van der Waals surface area (Å²) in [7, 11) is 1.52. The molecule has 0 amide bonds. The Kier molecular flexibility index (Phi) is 7.12. The lowest BCUT2D eigenvalue weighted by atomic mass is 9.97. The highest BCUT2D eigenvalue weighted by Crippen LogP contribution is 2.45. The normalized spacial score (nSPS) is 17.2. The molecule has 1 N–H and O–H groups in total. The lowest BCUT2D eigenvalue weighted by molar-refractivity contribution is -0.137. The van der Waals surface area contributed by atoms with Crippen LogP contribution in [0.4, 0.5) is 25.8 Å². The van der Waals surface area contributed by atoms with Crippen molar-refractivity contribution >= 4 is 40.6 Å². The van der Waals surface area contributed by atoms with E-state index in [1.165, 1.54) is 19.2 Å². The highest BCUT2D eigenvalue weighted by atomic mass is 35.5. The Morgan fingerprint density at radius 2 is 1.79 bits per heavy atom. The Hall–Kier alpha value is -3.85. The molecule has 0 aliphatic carbocycles. The predicted molar refractivity (Wildman–Crippen MR) is 144 cm³/mol. The molecule has 7 nitrogen and oxygen atoms in total. The molecule has 0 radical (unpaired) electrons. The number of aliphatic imine (C=N–C) groups is 1. The van der Waals surface area contributed by atoms with Crippen LogP contribution in [0.15, 0.2) is 59.6 Å². The first-order valence-corrected chi connectivity index (χ1v) is 12.6. The van der Waals surface area contributed by atoms with Crippen LogP contribution in [0.5, 0.6) is 5.75 Å². The van der Waals surface area contributed by atoms with Gasteiger partial charge in [-0.15, -0.1) is 0 Å². The molecule has 0 aromatic heterocycles. The smallest absolute Gasteiger partial charge is 0.305 e. The number of rotatable bonds is 5. The highest BCUT2D eigenvalue weighted by Gasteiger charge is 2.38. The number of ether oxygens (including phenoxy) is 1. The number of piperazine rings is 1. The number of guanidine groups is 1. The largest absolute Gasteiger partial charge is 0.495 e. The number of fused-ring (bicyclic) bond motifs is 1. The molecule has 1 saturated heterocycles. The van der Waals surface area contributed by atoms with Crippen LogP contribution < -0.4 is 14.5 Å². The van der Waals surface area contributed by atoms with Gasteiger partial charge < -0.3 is 24.5 Å². The second kappa shape index (κ2) is 10.5. The van der Waals surface area contributed by atoms with Gasteiger partial charge in [0, 0.05) is 42.5 Å². The Morgan fingerprint density at radius 3 is 2.47 bits per heavy atom. The Bertz CT molecular complexity index is 1410. The van der Waals surface area contributed by atoms with Gasteiger partial charge in [0.2, 0.25) is 5.96 Å². The van der Waals surface area contributed by atoms with E-state index in [1.807, 2.05) is 11.0 Å². The average Bonchev–Trinajstić information content (AvgIpc) is 2.90. The van der Waals surface area contributed by atoms with Crippen molar-refractivity contribution in [3.63, 3.8) is 0 Å². The van der Waals surface area contributed by atoms with Crippen molar-refractivity contribution in [2.75, 3.05) is 43.1 Å². The van der Waals surface area contributed by atoms with Gasteiger partial charge in [-0.05, 0) is 55.0 Å². The van der Waals surface area contributed by atoms with Crippen LogP contribution in [0.2, 0.25) is 5.02 Å². The molecule has 2 aliphatic heterocycles. The summed E-state index contributed by atoms with van der Waals surface area (Å²) in [4.78, 5) is 22.7. The minimum atomic E-state index is -1.03. The van der Waals surface area contributed by atoms with Crippen molar-refractivity contribution in [1.29, 1.82) is 0 Å². The number of aryl methyl sites for hydroxylation is 1. The lowest BCUT2D eigenvalue weighted by Crippen LogP contribution is -2.55. The molecule has 2 aliphatic rings. The summed E-state index contributed by atoms with van der Waals surface area (Å²) in [5.41, 5.74) is 2.63. The molecule has 38 heavy (non-hydrogen) atoms. The number of hydrogen-bond donors (Lipinski definition) is 1. The maximum Gasteiger partial charge on any atom is 0.305 e. The number of nitrogens with zero attached hydrogens (tertiary/aromatic N) is 4. The number of anilines is 2. The van der Waals surface area contributed by atoms with E-state index in [9.17, 15) is 14.3 Å². The van der Waals surface area contributed by atoms with E-state index in [-0.39, 0.29) is 17.9 Å². The molecule has 5 rings (SSSR count). The molecular formula is C28H27ClF2N4O3. The van der Waals surface area contributed by atoms with Gasteiger partial charge in [-0.1, -0.05) is 23.7 Å². The van der Waals surface area contributed by atoms with E-state index < -0.39 is 17.8 Å². The fourth-order valence-electron chi connectivity index (χ4n) is 5.06. The SMILES string of the molecule is COc1ccc(Cl)cc1N1C(N2CCN(c3ccc(F)c(C)c3)CC2)=Nc2c(F)cccc2C1CC(=O)O. The van der Waals surface area contributed by atoms with Crippen molar-refractivity contribution < 1.29 is 23.4 Å². The van der Waals surface area contributed by atoms with Crippen molar-refractivity contribution in [3.05, 3.63) is 82.4 Å². The van der Waals surface area contributed by atoms with Gasteiger partial charge in [0.25, 0.3) is 0 Å². The van der Waals surface area contributed by atoms with Crippen LogP contribution in [-0.4, -0.2) is 55.2 Å². The quantitative estimate of drug-likeness (QED) is 0.442. The van der Waals surface area contributed by atoms with E-state index in [0.717, 1.165) is 5.69 Å². The summed E-state index contributed by atoms with van der Waals surface area (Å²) < 4.78 is 34.5. The third-order valence-electron chi connectivity index (χ3n) is 6.95. The van der Waals surface area contributed by atoms with Crippen LogP contribution >= 0.6 is 11.6 Å². The number of hydrogen-bond acceptors (Lipinski definition) is 6. The highest BCUT2D eigenvalue weighted by molar-refractivity contribution is 6.31. The molecule has 1 atom stereocenters. The molecule has 3 aromatic rings. The number of carboxylic acids is 1. The third-order valence-corrected chi connectivity index (χ3v) is 7.19. The second-order valence-corrected chi connectivity index (χ2v) is 9.73. The zero-order chi connectivity index (χ0) is 27.0. The van der Waals surface area contributed by atoms with Crippen LogP contribution in [-0.2, 0) is 4.79 Å². The molecule has 2 heterocycles. The van der Waals surface area contributed by atoms with Gasteiger partial charge in [-0.25, -0.2) is 13.8 Å². The Balaban J connectivity index is 1.57. The molecule has 1 fully saturated rings. The van der Waals surface area contributed by atoms with Gasteiger partial charge in [0.15, 0.2) is 0 Å². The number of carbonyl (C=O) groups is 1. The monoisotopic (exact) mass is 540 g/mol. The van der Waals surface area contributed by atoms with E-state index in [4.69, 9.17) is 21.3 Å². The van der Waals surface area contributed by atoms with Gasteiger partial charge in [0.1, 0.15) is 23.1 Å². The van der Waals surface area contributed by atoms with Gasteiger partial charge in [-0.3, -0.25) is 4.79 Å². The number of methoxy groups -OCH3 is 1. The van der Waals surface area contributed by atoms with Gasteiger partial charge >= 0.3 is 5.97 Å². The zero-order valence-electron chi connectivity index (χ0n) is 21.0. The Labute approximate surface area is 224 Å². The molecule has 198 valence electrons. The second-order valence-electron chi connectivity index (χ2n) is 9.30. The van der Waals surface area contributed by atoms with Crippen LogP contribution in [0, 0.1) is 18.6 Å². The van der Waals surface area contributed by atoms with Crippen molar-refractivity contribution in [2.24, 2.45) is 4.99 Å². The summed E-state index contributed by atoms with van der Waals surface area (Å²) in [5, 5.41) is 10.3. The first-order chi connectivity index (χ1) is 18.3. The summed E-state index contributed by atoms with van der Waals surface area (Å²) in [5.74, 6) is -0.898. The summed E-state index contributed by atoms with van der Waals surface area (Å²) in [6, 6.07) is 14.0. The molecule has 0 saturated carbocycles. The molecule has 10 heteroatoms. The van der Waals surface area contributed by atoms with Gasteiger partial charge in [-0.2, -0.15) is 0 Å². The van der Waals surface area contributed by atoms with Crippen molar-refractivity contribution in [1.82, 2.24) is 4.90 Å². The van der Waals surface area contributed by atoms with Crippen LogP contribution in [0.25, 0.3) is 0 Å². The van der Waals surface area contributed by atoms with Crippen LogP contribution in [0.3, 0.4) is 0 Å². The van der Waals surface area contributed by atoms with E-state index in [2.05, 4.69) is 4.90 Å². The lowest BCUT2D eigenvalue weighted by Gasteiger charge is -2.45. The van der Waals surface area contributed by atoms with E-state index >= 15 is 4.39 Å². The van der Waals surface area contributed by atoms with E-state index in [0.29, 0.717) is 59.7 Å². The molecule has 0 bridgehead atoms.